The minimum Gasteiger partial charge on any atom is -0.380 e. The molecule has 1 amide bonds. The third-order valence-electron chi connectivity index (χ3n) is 2.53. The van der Waals surface area contributed by atoms with Crippen molar-refractivity contribution in [3.05, 3.63) is 12.7 Å². The van der Waals surface area contributed by atoms with Gasteiger partial charge in [-0.15, -0.1) is 6.58 Å². The van der Waals surface area contributed by atoms with E-state index in [0.717, 1.165) is 25.9 Å². The maximum absolute atomic E-state index is 11.5. The van der Waals surface area contributed by atoms with Crippen LogP contribution in [0.3, 0.4) is 0 Å². The SMILES string of the molecule is C=CCCOCCNC1CCN(C)C1=O. The van der Waals surface area contributed by atoms with Gasteiger partial charge in [-0.25, -0.2) is 0 Å². The van der Waals surface area contributed by atoms with E-state index in [-0.39, 0.29) is 11.9 Å². The van der Waals surface area contributed by atoms with Gasteiger partial charge in [-0.3, -0.25) is 4.79 Å². The summed E-state index contributed by atoms with van der Waals surface area (Å²) in [4.78, 5) is 13.2. The Morgan fingerprint density at radius 1 is 1.67 bits per heavy atom. The molecule has 1 unspecified atom stereocenters. The molecule has 0 aromatic carbocycles. The zero-order chi connectivity index (χ0) is 11.1. The van der Waals surface area contributed by atoms with E-state index in [0.29, 0.717) is 13.2 Å². The normalized spacial score (nSPS) is 21.0. The molecule has 0 bridgehead atoms. The second-order valence-corrected chi connectivity index (χ2v) is 3.74. The minimum absolute atomic E-state index is 0.00185. The average molecular weight is 212 g/mol. The molecule has 4 heteroatoms. The van der Waals surface area contributed by atoms with E-state index in [1.54, 1.807) is 4.90 Å². The minimum atomic E-state index is -0.00185. The van der Waals surface area contributed by atoms with Gasteiger partial charge in [0.25, 0.3) is 0 Å². The fraction of sp³-hybridized carbons (Fsp3) is 0.727. The monoisotopic (exact) mass is 212 g/mol. The van der Waals surface area contributed by atoms with Crippen molar-refractivity contribution in [3.63, 3.8) is 0 Å². The number of hydrogen-bond donors (Lipinski definition) is 1. The summed E-state index contributed by atoms with van der Waals surface area (Å²) in [5.41, 5.74) is 0. The number of nitrogens with one attached hydrogen (secondary N) is 1. The van der Waals surface area contributed by atoms with Crippen LogP contribution in [0.15, 0.2) is 12.7 Å². The number of nitrogens with zero attached hydrogens (tertiary/aromatic N) is 1. The highest BCUT2D eigenvalue weighted by Crippen LogP contribution is 2.07. The van der Waals surface area contributed by atoms with Crippen LogP contribution in [0.25, 0.3) is 0 Å². The molecular formula is C11H20N2O2. The van der Waals surface area contributed by atoms with Crippen LogP contribution in [0, 0.1) is 0 Å². The molecule has 0 saturated carbocycles. The second kappa shape index (κ2) is 6.58. The van der Waals surface area contributed by atoms with Gasteiger partial charge in [0.2, 0.25) is 5.91 Å². The number of ether oxygens (including phenoxy) is 1. The number of hydrogen-bond acceptors (Lipinski definition) is 3. The van der Waals surface area contributed by atoms with Gasteiger partial charge in [-0.2, -0.15) is 0 Å². The van der Waals surface area contributed by atoms with Gasteiger partial charge >= 0.3 is 0 Å². The van der Waals surface area contributed by atoms with Crippen LogP contribution < -0.4 is 5.32 Å². The number of carbonyl (C=O) groups is 1. The molecule has 1 aliphatic heterocycles. The van der Waals surface area contributed by atoms with E-state index in [1.807, 2.05) is 13.1 Å². The Hall–Kier alpha value is -0.870. The van der Waals surface area contributed by atoms with Crippen molar-refractivity contribution in [2.75, 3.05) is 33.4 Å². The van der Waals surface area contributed by atoms with Crippen molar-refractivity contribution >= 4 is 5.91 Å². The van der Waals surface area contributed by atoms with Crippen molar-refractivity contribution in [1.29, 1.82) is 0 Å². The first-order valence-corrected chi connectivity index (χ1v) is 5.42. The standard InChI is InChI=1S/C11H20N2O2/c1-3-4-8-15-9-6-12-10-5-7-13(2)11(10)14/h3,10,12H,1,4-9H2,2H3. The summed E-state index contributed by atoms with van der Waals surface area (Å²) < 4.78 is 5.34. The lowest BCUT2D eigenvalue weighted by atomic mass is 10.2. The van der Waals surface area contributed by atoms with Crippen LogP contribution in [-0.2, 0) is 9.53 Å². The van der Waals surface area contributed by atoms with E-state index in [2.05, 4.69) is 11.9 Å². The van der Waals surface area contributed by atoms with Gasteiger partial charge in [-0.05, 0) is 12.8 Å². The summed E-state index contributed by atoms with van der Waals surface area (Å²) in [6, 6.07) is -0.00185. The van der Waals surface area contributed by atoms with Crippen LogP contribution in [-0.4, -0.2) is 50.2 Å². The van der Waals surface area contributed by atoms with Crippen LogP contribution in [0.2, 0.25) is 0 Å². The molecule has 15 heavy (non-hydrogen) atoms. The lowest BCUT2D eigenvalue weighted by Gasteiger charge is -2.11. The zero-order valence-corrected chi connectivity index (χ0v) is 9.37. The Labute approximate surface area is 91.3 Å². The molecule has 1 heterocycles. The van der Waals surface area contributed by atoms with Crippen LogP contribution in [0.5, 0.6) is 0 Å². The predicted molar refractivity (Wildman–Crippen MR) is 59.7 cm³/mol. The summed E-state index contributed by atoms with van der Waals surface area (Å²) in [5, 5.41) is 3.20. The molecule has 0 spiro atoms. The van der Waals surface area contributed by atoms with E-state index >= 15 is 0 Å². The first kappa shape index (κ1) is 12.2. The summed E-state index contributed by atoms with van der Waals surface area (Å²) in [6.07, 6.45) is 3.62. The van der Waals surface area contributed by atoms with E-state index in [9.17, 15) is 4.79 Å². The van der Waals surface area contributed by atoms with Gasteiger partial charge in [0.05, 0.1) is 19.3 Å². The molecule has 0 aromatic heterocycles. The molecule has 1 atom stereocenters. The molecule has 4 nitrogen and oxygen atoms in total. The van der Waals surface area contributed by atoms with Crippen molar-refractivity contribution in [2.24, 2.45) is 0 Å². The number of likely N-dealkylation sites (N-methyl/N-ethyl adjacent to an activating group) is 1. The first-order valence-electron chi connectivity index (χ1n) is 5.42. The summed E-state index contributed by atoms with van der Waals surface area (Å²) in [7, 11) is 1.84. The highest BCUT2D eigenvalue weighted by atomic mass is 16.5. The Morgan fingerprint density at radius 2 is 2.47 bits per heavy atom. The maximum atomic E-state index is 11.5. The first-order chi connectivity index (χ1) is 7.25. The van der Waals surface area contributed by atoms with Gasteiger partial charge in [0.15, 0.2) is 0 Å². The topological polar surface area (TPSA) is 41.6 Å². The van der Waals surface area contributed by atoms with Gasteiger partial charge < -0.3 is 15.0 Å². The van der Waals surface area contributed by atoms with Crippen molar-refractivity contribution in [1.82, 2.24) is 10.2 Å². The Kier molecular flexibility index (Phi) is 5.36. The zero-order valence-electron chi connectivity index (χ0n) is 9.37. The molecule has 86 valence electrons. The van der Waals surface area contributed by atoms with Crippen molar-refractivity contribution in [3.8, 4) is 0 Å². The quantitative estimate of drug-likeness (QED) is 0.490. The van der Waals surface area contributed by atoms with Crippen LogP contribution in [0.4, 0.5) is 0 Å². The fourth-order valence-electron chi connectivity index (χ4n) is 1.59. The second-order valence-electron chi connectivity index (χ2n) is 3.74. The Balaban J connectivity index is 2.01. The summed E-state index contributed by atoms with van der Waals surface area (Å²) in [6.45, 7) is 6.57. The summed E-state index contributed by atoms with van der Waals surface area (Å²) >= 11 is 0. The van der Waals surface area contributed by atoms with Gasteiger partial charge in [0, 0.05) is 20.1 Å². The average Bonchev–Trinajstić information content (AvgIpc) is 2.54. The Bertz CT molecular complexity index is 219. The molecule has 1 aliphatic rings. The number of likely N-dealkylation sites (tertiary alicyclic amines) is 1. The van der Waals surface area contributed by atoms with Gasteiger partial charge in [-0.1, -0.05) is 6.08 Å². The molecule has 0 aliphatic carbocycles. The number of rotatable bonds is 7. The third kappa shape index (κ3) is 4.01. The van der Waals surface area contributed by atoms with Gasteiger partial charge in [0.1, 0.15) is 0 Å². The molecule has 1 N–H and O–H groups in total. The molecule has 1 fully saturated rings. The Morgan fingerprint density at radius 3 is 3.07 bits per heavy atom. The smallest absolute Gasteiger partial charge is 0.239 e. The molecular weight excluding hydrogens is 192 g/mol. The third-order valence-corrected chi connectivity index (χ3v) is 2.53. The van der Waals surface area contributed by atoms with Crippen LogP contribution in [0.1, 0.15) is 12.8 Å². The van der Waals surface area contributed by atoms with E-state index < -0.39 is 0 Å². The molecule has 0 radical (unpaired) electrons. The lowest BCUT2D eigenvalue weighted by molar-refractivity contribution is -0.128. The number of amides is 1. The molecule has 0 aromatic rings. The highest BCUT2D eigenvalue weighted by Gasteiger charge is 2.27. The van der Waals surface area contributed by atoms with Crippen LogP contribution >= 0.6 is 0 Å². The lowest BCUT2D eigenvalue weighted by Crippen LogP contribution is -2.38. The fourth-order valence-corrected chi connectivity index (χ4v) is 1.59. The summed E-state index contributed by atoms with van der Waals surface area (Å²) in [5.74, 6) is 0.195. The number of carbonyl (C=O) groups excluding carboxylic acids is 1. The highest BCUT2D eigenvalue weighted by molar-refractivity contribution is 5.83. The molecule has 1 rings (SSSR count). The molecule has 1 saturated heterocycles. The van der Waals surface area contributed by atoms with Crippen molar-refractivity contribution in [2.45, 2.75) is 18.9 Å². The largest absolute Gasteiger partial charge is 0.380 e. The van der Waals surface area contributed by atoms with Crippen molar-refractivity contribution < 1.29 is 9.53 Å². The van der Waals surface area contributed by atoms with E-state index in [4.69, 9.17) is 4.74 Å². The predicted octanol–water partition coefficient (Wildman–Crippen LogP) is 0.399. The van der Waals surface area contributed by atoms with E-state index in [1.165, 1.54) is 0 Å². The maximum Gasteiger partial charge on any atom is 0.239 e.